The SMILES string of the molecule is CC.COCCN1CC2C(C)C2C1. The molecule has 2 fully saturated rings. The first kappa shape index (κ1) is 11.0. The summed E-state index contributed by atoms with van der Waals surface area (Å²) in [7, 11) is 1.78. The van der Waals surface area contributed by atoms with Crippen LogP contribution < -0.4 is 0 Å². The highest BCUT2D eigenvalue weighted by molar-refractivity contribution is 5.02. The van der Waals surface area contributed by atoms with E-state index in [9.17, 15) is 0 Å². The zero-order valence-corrected chi connectivity index (χ0v) is 9.42. The van der Waals surface area contributed by atoms with E-state index in [1.165, 1.54) is 13.1 Å². The van der Waals surface area contributed by atoms with Crippen molar-refractivity contribution in [3.8, 4) is 0 Å². The largest absolute Gasteiger partial charge is 0.383 e. The van der Waals surface area contributed by atoms with Crippen molar-refractivity contribution in [3.63, 3.8) is 0 Å². The first-order valence-electron chi connectivity index (χ1n) is 5.54. The van der Waals surface area contributed by atoms with Crippen molar-refractivity contribution in [1.82, 2.24) is 4.90 Å². The second kappa shape index (κ2) is 4.97. The van der Waals surface area contributed by atoms with Gasteiger partial charge in [0.1, 0.15) is 0 Å². The van der Waals surface area contributed by atoms with Crippen LogP contribution in [0.4, 0.5) is 0 Å². The van der Waals surface area contributed by atoms with E-state index in [1.807, 2.05) is 13.8 Å². The Bertz CT molecular complexity index is 137. The average Bonchev–Trinajstić information content (AvgIpc) is 2.66. The Kier molecular flexibility index (Phi) is 4.20. The van der Waals surface area contributed by atoms with Gasteiger partial charge in [-0.1, -0.05) is 20.8 Å². The summed E-state index contributed by atoms with van der Waals surface area (Å²) in [6.45, 7) is 11.1. The van der Waals surface area contributed by atoms with Gasteiger partial charge in [-0.3, -0.25) is 0 Å². The van der Waals surface area contributed by atoms with Crippen molar-refractivity contribution in [2.45, 2.75) is 20.8 Å². The van der Waals surface area contributed by atoms with Crippen molar-refractivity contribution >= 4 is 0 Å². The lowest BCUT2D eigenvalue weighted by Gasteiger charge is -2.17. The molecule has 0 N–H and O–H groups in total. The van der Waals surface area contributed by atoms with Crippen molar-refractivity contribution in [2.24, 2.45) is 17.8 Å². The molecule has 2 rings (SSSR count). The monoisotopic (exact) mass is 185 g/mol. The molecular formula is C11H23NO. The molecule has 78 valence electrons. The Labute approximate surface area is 82.3 Å². The normalized spacial score (nSPS) is 36.5. The lowest BCUT2D eigenvalue weighted by Crippen LogP contribution is -2.27. The van der Waals surface area contributed by atoms with Gasteiger partial charge in [0.25, 0.3) is 0 Å². The number of fused-ring (bicyclic) bond motifs is 1. The Hall–Kier alpha value is -0.0800. The molecular weight excluding hydrogens is 162 g/mol. The number of likely N-dealkylation sites (tertiary alicyclic amines) is 1. The minimum atomic E-state index is 0.897. The van der Waals surface area contributed by atoms with Gasteiger partial charge in [0.05, 0.1) is 6.61 Å². The minimum Gasteiger partial charge on any atom is -0.383 e. The van der Waals surface area contributed by atoms with Crippen LogP contribution in [0.2, 0.25) is 0 Å². The fourth-order valence-electron chi connectivity index (χ4n) is 2.31. The summed E-state index contributed by atoms with van der Waals surface area (Å²) >= 11 is 0. The Morgan fingerprint density at radius 1 is 1.23 bits per heavy atom. The van der Waals surface area contributed by atoms with E-state index >= 15 is 0 Å². The van der Waals surface area contributed by atoms with E-state index in [4.69, 9.17) is 4.74 Å². The molecule has 0 spiro atoms. The van der Waals surface area contributed by atoms with Crippen LogP contribution in [-0.4, -0.2) is 38.3 Å². The fraction of sp³-hybridized carbons (Fsp3) is 1.00. The van der Waals surface area contributed by atoms with Crippen LogP contribution in [0.5, 0.6) is 0 Å². The third-order valence-electron chi connectivity index (χ3n) is 3.31. The summed E-state index contributed by atoms with van der Waals surface area (Å²) in [5.41, 5.74) is 0. The number of nitrogens with zero attached hydrogens (tertiary/aromatic N) is 1. The molecule has 2 heteroatoms. The summed E-state index contributed by atoms with van der Waals surface area (Å²) < 4.78 is 5.04. The van der Waals surface area contributed by atoms with Gasteiger partial charge in [-0.2, -0.15) is 0 Å². The van der Waals surface area contributed by atoms with Gasteiger partial charge in [0.2, 0.25) is 0 Å². The summed E-state index contributed by atoms with van der Waals surface area (Å²) in [4.78, 5) is 2.53. The van der Waals surface area contributed by atoms with Crippen molar-refractivity contribution < 1.29 is 4.74 Å². The quantitative estimate of drug-likeness (QED) is 0.665. The molecule has 1 aliphatic carbocycles. The third-order valence-corrected chi connectivity index (χ3v) is 3.31. The van der Waals surface area contributed by atoms with Gasteiger partial charge < -0.3 is 9.64 Å². The highest BCUT2D eigenvalue weighted by Gasteiger charge is 2.52. The molecule has 0 aromatic carbocycles. The molecule has 0 aromatic heterocycles. The van der Waals surface area contributed by atoms with E-state index in [0.717, 1.165) is 30.9 Å². The van der Waals surface area contributed by atoms with Gasteiger partial charge in [-0.05, 0) is 17.8 Å². The molecule has 2 aliphatic rings. The smallest absolute Gasteiger partial charge is 0.0589 e. The lowest BCUT2D eigenvalue weighted by molar-refractivity contribution is 0.152. The number of hydrogen-bond acceptors (Lipinski definition) is 2. The zero-order chi connectivity index (χ0) is 9.84. The Morgan fingerprint density at radius 3 is 2.23 bits per heavy atom. The van der Waals surface area contributed by atoms with Gasteiger partial charge >= 0.3 is 0 Å². The molecule has 0 amide bonds. The molecule has 1 heterocycles. The van der Waals surface area contributed by atoms with Crippen molar-refractivity contribution in [3.05, 3.63) is 0 Å². The molecule has 0 aromatic rings. The zero-order valence-electron chi connectivity index (χ0n) is 9.42. The maximum absolute atomic E-state index is 5.04. The molecule has 0 radical (unpaired) electrons. The molecule has 0 bridgehead atoms. The topological polar surface area (TPSA) is 12.5 Å². The second-order valence-electron chi connectivity index (χ2n) is 3.94. The molecule has 2 unspecified atom stereocenters. The highest BCUT2D eigenvalue weighted by atomic mass is 16.5. The number of rotatable bonds is 3. The Balaban J connectivity index is 0.000000396. The van der Waals surface area contributed by atoms with E-state index in [0.29, 0.717) is 0 Å². The van der Waals surface area contributed by atoms with Gasteiger partial charge in [0, 0.05) is 26.7 Å². The molecule has 13 heavy (non-hydrogen) atoms. The summed E-state index contributed by atoms with van der Waals surface area (Å²) in [6.07, 6.45) is 0. The standard InChI is InChI=1S/C9H17NO.C2H6/c1-7-8-5-10(3-4-11-2)6-9(7)8;1-2/h7-9H,3-6H2,1-2H3;1-2H3. The van der Waals surface area contributed by atoms with Crippen LogP contribution >= 0.6 is 0 Å². The van der Waals surface area contributed by atoms with Crippen LogP contribution in [0.25, 0.3) is 0 Å². The van der Waals surface area contributed by atoms with E-state index in [1.54, 1.807) is 7.11 Å². The van der Waals surface area contributed by atoms with E-state index < -0.39 is 0 Å². The average molecular weight is 185 g/mol. The summed E-state index contributed by atoms with van der Waals surface area (Å²) in [5.74, 6) is 3.09. The van der Waals surface area contributed by atoms with Crippen molar-refractivity contribution in [1.29, 1.82) is 0 Å². The molecule has 1 saturated carbocycles. The first-order chi connectivity index (χ1) is 6.33. The van der Waals surface area contributed by atoms with Crippen LogP contribution in [0, 0.1) is 17.8 Å². The summed E-state index contributed by atoms with van der Waals surface area (Å²) in [6, 6.07) is 0. The second-order valence-corrected chi connectivity index (χ2v) is 3.94. The number of methoxy groups -OCH3 is 1. The maximum atomic E-state index is 5.04. The van der Waals surface area contributed by atoms with Gasteiger partial charge in [-0.25, -0.2) is 0 Å². The van der Waals surface area contributed by atoms with E-state index in [2.05, 4.69) is 11.8 Å². The number of piperidine rings is 1. The van der Waals surface area contributed by atoms with Crippen LogP contribution in [0.3, 0.4) is 0 Å². The predicted octanol–water partition coefficient (Wildman–Crippen LogP) is 1.86. The van der Waals surface area contributed by atoms with Crippen LogP contribution in [0.1, 0.15) is 20.8 Å². The van der Waals surface area contributed by atoms with Crippen LogP contribution in [-0.2, 0) is 4.74 Å². The molecule has 2 nitrogen and oxygen atoms in total. The Morgan fingerprint density at radius 2 is 1.77 bits per heavy atom. The predicted molar refractivity (Wildman–Crippen MR) is 55.8 cm³/mol. The van der Waals surface area contributed by atoms with Crippen molar-refractivity contribution in [2.75, 3.05) is 33.4 Å². The number of ether oxygens (including phenoxy) is 1. The minimum absolute atomic E-state index is 0.897. The highest BCUT2D eigenvalue weighted by Crippen LogP contribution is 2.50. The fourth-order valence-corrected chi connectivity index (χ4v) is 2.31. The first-order valence-corrected chi connectivity index (χ1v) is 5.54. The van der Waals surface area contributed by atoms with E-state index in [-0.39, 0.29) is 0 Å². The maximum Gasteiger partial charge on any atom is 0.0589 e. The number of hydrogen-bond donors (Lipinski definition) is 0. The summed E-state index contributed by atoms with van der Waals surface area (Å²) in [5, 5.41) is 0. The molecule has 2 atom stereocenters. The van der Waals surface area contributed by atoms with Gasteiger partial charge in [-0.15, -0.1) is 0 Å². The third kappa shape index (κ3) is 2.44. The lowest BCUT2D eigenvalue weighted by atomic mass is 10.3. The molecule has 1 aliphatic heterocycles. The molecule has 1 saturated heterocycles. The van der Waals surface area contributed by atoms with Gasteiger partial charge in [0.15, 0.2) is 0 Å². The van der Waals surface area contributed by atoms with Crippen LogP contribution in [0.15, 0.2) is 0 Å².